The van der Waals surface area contributed by atoms with E-state index in [1.165, 1.54) is 12.3 Å². The number of thiocarbonyl (C=S) groups is 2. The van der Waals surface area contributed by atoms with Gasteiger partial charge in [-0.3, -0.25) is 30.7 Å². The van der Waals surface area contributed by atoms with Crippen LogP contribution in [0.2, 0.25) is 0 Å². The largest absolute Gasteiger partial charge is 0.477 e. The average molecular weight is 631 g/mol. The number of hydrogen-bond donors (Lipinski definition) is 8. The Morgan fingerprint density at radius 3 is 1.76 bits per heavy atom. The predicted octanol–water partition coefficient (Wildman–Crippen LogP) is 1.09. The number of carbonyl (C=O) groups excluding carboxylic acids is 1. The summed E-state index contributed by atoms with van der Waals surface area (Å²) in [6.45, 7) is 0. The van der Waals surface area contributed by atoms with Crippen LogP contribution < -0.4 is 32.8 Å². The fourth-order valence-corrected chi connectivity index (χ4v) is 2.55. The van der Waals surface area contributed by atoms with Crippen LogP contribution in [0.5, 0.6) is 0 Å². The number of aromatic amines is 1. The molecule has 9 N–H and O–H groups in total. The van der Waals surface area contributed by atoms with Crippen molar-refractivity contribution in [2.45, 2.75) is 0 Å². The molecule has 0 aliphatic rings. The molecular formula is C24H30N12O3S3. The van der Waals surface area contributed by atoms with Crippen LogP contribution in [-0.4, -0.2) is 71.0 Å². The van der Waals surface area contributed by atoms with E-state index in [2.05, 4.69) is 64.3 Å². The number of nitrogens with one attached hydrogen (secondary N) is 6. The fraction of sp³-hybridized carbons (Fsp3) is 0.125. The van der Waals surface area contributed by atoms with E-state index in [9.17, 15) is 9.59 Å². The number of aromatic nitrogens is 6. The van der Waals surface area contributed by atoms with Crippen LogP contribution in [-0.2, 0) is 7.05 Å². The Bertz CT molecular complexity index is 1450. The number of carboxylic acids is 1. The van der Waals surface area contributed by atoms with Gasteiger partial charge in [-0.25, -0.2) is 15.6 Å². The lowest BCUT2D eigenvalue weighted by Gasteiger charge is -2.07. The summed E-state index contributed by atoms with van der Waals surface area (Å²) in [4.78, 5) is 33.1. The highest BCUT2D eigenvalue weighted by Gasteiger charge is 2.05. The van der Waals surface area contributed by atoms with Crippen molar-refractivity contribution in [1.29, 1.82) is 0 Å². The van der Waals surface area contributed by atoms with Crippen LogP contribution in [0.15, 0.2) is 73.2 Å². The number of H-pyrrole nitrogens is 1. The van der Waals surface area contributed by atoms with Gasteiger partial charge in [0, 0.05) is 39.7 Å². The van der Waals surface area contributed by atoms with Crippen LogP contribution in [0, 0.1) is 4.77 Å². The number of pyridine rings is 3. The first-order valence-corrected chi connectivity index (χ1v) is 12.9. The van der Waals surface area contributed by atoms with Gasteiger partial charge in [-0.1, -0.05) is 18.2 Å². The molecule has 0 spiro atoms. The van der Waals surface area contributed by atoms with Crippen molar-refractivity contribution in [1.82, 2.24) is 56.6 Å². The first kappa shape index (κ1) is 35.1. The lowest BCUT2D eigenvalue weighted by molar-refractivity contribution is 0.0690. The minimum atomic E-state index is -0.990. The standard InChI is InChI=1S/C8H10N4OS.C8H8N4S.C6H5NO2.C2H7N3S/c1-9-8(14)12-11-7(13)6-4-2-3-5-10-6;1-12-7(10-11-8(12)13)6-4-2-3-5-9-6;8-6(9)5-3-1-2-4-7-5;1-4-2(6)5-3/h2-5H,1H3,(H,11,13)(H2,9,12,14);2-5H,1H3,(H,11,13);1-4H,(H,8,9);3H2,1H3,(H2,4,5,6). The number of carbonyl (C=O) groups is 2. The van der Waals surface area contributed by atoms with E-state index in [1.54, 1.807) is 61.4 Å². The summed E-state index contributed by atoms with van der Waals surface area (Å²) in [7, 11) is 5.21. The molecular weight excluding hydrogens is 601 g/mol. The number of nitrogens with zero attached hydrogens (tertiary/aromatic N) is 5. The van der Waals surface area contributed by atoms with E-state index >= 15 is 0 Å². The summed E-state index contributed by atoms with van der Waals surface area (Å²) in [5.74, 6) is 4.26. The number of hydrogen-bond acceptors (Lipinski definition) is 10. The normalized spacial score (nSPS) is 9.05. The van der Waals surface area contributed by atoms with Crippen LogP contribution in [0.25, 0.3) is 11.5 Å². The van der Waals surface area contributed by atoms with Crippen LogP contribution >= 0.6 is 36.7 Å². The molecule has 42 heavy (non-hydrogen) atoms. The number of amides is 1. The third kappa shape index (κ3) is 13.4. The summed E-state index contributed by atoms with van der Waals surface area (Å²) in [6.07, 6.45) is 4.72. The molecule has 4 aromatic rings. The molecule has 4 rings (SSSR count). The Morgan fingerprint density at radius 1 is 0.857 bits per heavy atom. The van der Waals surface area contributed by atoms with Gasteiger partial charge >= 0.3 is 5.97 Å². The van der Waals surface area contributed by atoms with E-state index in [0.717, 1.165) is 11.5 Å². The number of carboxylic acid groups (broad SMARTS) is 1. The molecule has 0 unspecified atom stereocenters. The number of aromatic carboxylic acids is 1. The lowest BCUT2D eigenvalue weighted by atomic mass is 10.3. The van der Waals surface area contributed by atoms with Crippen molar-refractivity contribution in [3.05, 3.63) is 89.3 Å². The fourth-order valence-electron chi connectivity index (χ4n) is 2.37. The SMILES string of the molecule is CNC(=S)NN.CNC(=S)NNC(=O)c1ccccn1.Cn1c(-c2ccccn2)n[nH]c1=S.O=C(O)c1ccccn1. The number of hydrazine groups is 2. The Balaban J connectivity index is 0.000000293. The maximum absolute atomic E-state index is 11.3. The Hall–Kier alpha value is -4.91. The highest BCUT2D eigenvalue weighted by Crippen LogP contribution is 2.11. The summed E-state index contributed by atoms with van der Waals surface area (Å²) < 4.78 is 2.39. The van der Waals surface area contributed by atoms with Gasteiger partial charge in [-0.15, -0.1) is 0 Å². The highest BCUT2D eigenvalue weighted by molar-refractivity contribution is 7.80. The molecule has 4 aromatic heterocycles. The second-order valence-electron chi connectivity index (χ2n) is 7.24. The van der Waals surface area contributed by atoms with Gasteiger partial charge in [0.2, 0.25) is 0 Å². The smallest absolute Gasteiger partial charge is 0.354 e. The van der Waals surface area contributed by atoms with E-state index < -0.39 is 5.97 Å². The second kappa shape index (κ2) is 20.0. The average Bonchev–Trinajstić information content (AvgIpc) is 3.38. The Kier molecular flexibility index (Phi) is 16.8. The zero-order chi connectivity index (χ0) is 31.3. The first-order chi connectivity index (χ1) is 20.1. The van der Waals surface area contributed by atoms with Crippen LogP contribution in [0.4, 0.5) is 0 Å². The van der Waals surface area contributed by atoms with Gasteiger partial charge in [0.15, 0.2) is 20.8 Å². The predicted molar refractivity (Wildman–Crippen MR) is 168 cm³/mol. The summed E-state index contributed by atoms with van der Waals surface area (Å²) in [5.41, 5.74) is 8.37. The molecule has 0 bridgehead atoms. The Labute approximate surface area is 257 Å². The van der Waals surface area contributed by atoms with Crippen LogP contribution in [0.1, 0.15) is 21.0 Å². The maximum Gasteiger partial charge on any atom is 0.354 e. The lowest BCUT2D eigenvalue weighted by Crippen LogP contribution is -2.45. The minimum Gasteiger partial charge on any atom is -0.477 e. The van der Waals surface area contributed by atoms with E-state index in [4.69, 9.17) is 35.4 Å². The van der Waals surface area contributed by atoms with E-state index in [-0.39, 0.29) is 11.6 Å². The van der Waals surface area contributed by atoms with Gasteiger partial charge in [-0.05, 0) is 73.1 Å². The van der Waals surface area contributed by atoms with Crippen LogP contribution in [0.3, 0.4) is 0 Å². The van der Waals surface area contributed by atoms with E-state index in [1.807, 2.05) is 25.2 Å². The zero-order valence-electron chi connectivity index (χ0n) is 22.7. The molecule has 0 radical (unpaired) electrons. The first-order valence-electron chi connectivity index (χ1n) is 11.7. The van der Waals surface area contributed by atoms with Crippen molar-refractivity contribution >= 4 is 58.8 Å². The highest BCUT2D eigenvalue weighted by atomic mass is 32.1. The Morgan fingerprint density at radius 2 is 1.40 bits per heavy atom. The van der Waals surface area contributed by atoms with Crippen molar-refractivity contribution in [3.63, 3.8) is 0 Å². The maximum atomic E-state index is 11.3. The molecule has 0 atom stereocenters. The zero-order valence-corrected chi connectivity index (χ0v) is 25.2. The van der Waals surface area contributed by atoms with Gasteiger partial charge in [0.1, 0.15) is 17.1 Å². The molecule has 0 saturated carbocycles. The van der Waals surface area contributed by atoms with Crippen molar-refractivity contribution < 1.29 is 14.7 Å². The van der Waals surface area contributed by atoms with Gasteiger partial charge in [0.05, 0.1) is 0 Å². The molecule has 0 aliphatic carbocycles. The number of rotatable bonds is 3. The van der Waals surface area contributed by atoms with E-state index in [0.29, 0.717) is 20.7 Å². The van der Waals surface area contributed by atoms with Gasteiger partial charge < -0.3 is 25.7 Å². The molecule has 0 aliphatic heterocycles. The molecule has 222 valence electrons. The quantitative estimate of drug-likeness (QED) is 0.0904. The van der Waals surface area contributed by atoms with Gasteiger partial charge in [-0.2, -0.15) is 5.10 Å². The monoisotopic (exact) mass is 630 g/mol. The third-order valence-corrected chi connectivity index (χ3v) is 5.42. The molecule has 4 heterocycles. The van der Waals surface area contributed by atoms with Crippen molar-refractivity contribution in [2.75, 3.05) is 14.1 Å². The molecule has 0 fully saturated rings. The minimum absolute atomic E-state index is 0.0810. The molecule has 1 amide bonds. The van der Waals surface area contributed by atoms with Crippen molar-refractivity contribution in [3.8, 4) is 11.5 Å². The number of nitrogens with two attached hydrogens (primary N) is 1. The van der Waals surface area contributed by atoms with Crippen molar-refractivity contribution in [2.24, 2.45) is 12.9 Å². The molecule has 15 nitrogen and oxygen atoms in total. The van der Waals surface area contributed by atoms with Gasteiger partial charge in [0.25, 0.3) is 5.91 Å². The summed E-state index contributed by atoms with van der Waals surface area (Å²) in [6, 6.07) is 15.5. The second-order valence-corrected chi connectivity index (χ2v) is 8.45. The summed E-state index contributed by atoms with van der Waals surface area (Å²) >= 11 is 14.3. The molecule has 0 aromatic carbocycles. The molecule has 0 saturated heterocycles. The molecule has 18 heteroatoms. The third-order valence-electron chi connectivity index (χ3n) is 4.43. The summed E-state index contributed by atoms with van der Waals surface area (Å²) in [5, 5.41) is 21.2. The topological polar surface area (TPSA) is 213 Å².